The van der Waals surface area contributed by atoms with Gasteiger partial charge in [-0.05, 0) is 47.2 Å². The minimum atomic E-state index is -0.340. The van der Waals surface area contributed by atoms with Crippen LogP contribution < -0.4 is 10.2 Å². The fourth-order valence-electron chi connectivity index (χ4n) is 1.71. The Labute approximate surface area is 114 Å². The summed E-state index contributed by atoms with van der Waals surface area (Å²) in [6, 6.07) is 5.50. The molecule has 1 aromatic carbocycles. The summed E-state index contributed by atoms with van der Waals surface area (Å²) in [6.07, 6.45) is 0. The summed E-state index contributed by atoms with van der Waals surface area (Å²) in [4.78, 5) is 24.7. The Hall–Kier alpha value is -1.11. The number of aryl methyl sites for hydroxylation is 1. The molecular weight excluding hydrogens is 331 g/mol. The summed E-state index contributed by atoms with van der Waals surface area (Å²) < 4.78 is 1.11. The van der Waals surface area contributed by atoms with Crippen LogP contribution >= 0.6 is 22.6 Å². The number of carbonyl (C=O) groups excluding carboxylic acids is 2. The second-order valence-corrected chi connectivity index (χ2v) is 5.40. The van der Waals surface area contributed by atoms with Crippen LogP contribution in [0.3, 0.4) is 0 Å². The molecule has 1 heterocycles. The Morgan fingerprint density at radius 1 is 1.41 bits per heavy atom. The Morgan fingerprint density at radius 2 is 2.12 bits per heavy atom. The van der Waals surface area contributed by atoms with Crippen molar-refractivity contribution < 1.29 is 9.59 Å². The summed E-state index contributed by atoms with van der Waals surface area (Å²) >= 11 is 2.24. The molecule has 1 fully saturated rings. The number of rotatable bonds is 1. The number of hydrogen-bond acceptors (Lipinski definition) is 2. The Kier molecular flexibility index (Phi) is 3.37. The molecule has 3 amide bonds. The van der Waals surface area contributed by atoms with Gasteiger partial charge in [0.15, 0.2) is 0 Å². The van der Waals surface area contributed by atoms with Crippen molar-refractivity contribution in [2.75, 3.05) is 11.4 Å². The lowest BCUT2D eigenvalue weighted by atomic mass is 10.1. The third-order valence-corrected chi connectivity index (χ3v) is 4.01. The smallest absolute Gasteiger partial charge is 0.293 e. The van der Waals surface area contributed by atoms with E-state index in [2.05, 4.69) is 27.9 Å². The predicted octanol–water partition coefficient (Wildman–Crippen LogP) is 2.29. The second-order valence-electron chi connectivity index (χ2n) is 4.24. The van der Waals surface area contributed by atoms with E-state index in [0.29, 0.717) is 6.54 Å². The largest absolute Gasteiger partial charge is 0.328 e. The van der Waals surface area contributed by atoms with E-state index in [4.69, 9.17) is 0 Å². The van der Waals surface area contributed by atoms with Crippen molar-refractivity contribution in [1.29, 1.82) is 0 Å². The molecule has 0 aliphatic carbocycles. The van der Waals surface area contributed by atoms with E-state index in [1.54, 1.807) is 4.90 Å². The first-order valence-electron chi connectivity index (χ1n) is 5.37. The van der Waals surface area contributed by atoms with Crippen molar-refractivity contribution in [1.82, 2.24) is 5.32 Å². The van der Waals surface area contributed by atoms with Gasteiger partial charge in [-0.15, -0.1) is 0 Å². The van der Waals surface area contributed by atoms with Gasteiger partial charge in [0.1, 0.15) is 0 Å². The van der Waals surface area contributed by atoms with Crippen LogP contribution in [0.1, 0.15) is 12.5 Å². The first-order valence-corrected chi connectivity index (χ1v) is 6.45. The van der Waals surface area contributed by atoms with Crippen LogP contribution in [0.25, 0.3) is 0 Å². The average Bonchev–Trinajstić information content (AvgIpc) is 2.27. The van der Waals surface area contributed by atoms with Gasteiger partial charge >= 0.3 is 6.03 Å². The van der Waals surface area contributed by atoms with Gasteiger partial charge in [-0.1, -0.05) is 13.0 Å². The average molecular weight is 344 g/mol. The molecule has 1 atom stereocenters. The second kappa shape index (κ2) is 4.64. The summed E-state index contributed by atoms with van der Waals surface area (Å²) in [6.45, 7) is 4.27. The van der Waals surface area contributed by atoms with Gasteiger partial charge in [0, 0.05) is 15.8 Å². The van der Waals surface area contributed by atoms with E-state index in [1.165, 1.54) is 5.56 Å². The highest BCUT2D eigenvalue weighted by Gasteiger charge is 2.30. The number of carbonyl (C=O) groups is 2. The maximum Gasteiger partial charge on any atom is 0.328 e. The zero-order valence-corrected chi connectivity index (χ0v) is 11.8. The molecule has 1 aliphatic heterocycles. The molecule has 0 radical (unpaired) electrons. The number of halogens is 1. The van der Waals surface area contributed by atoms with Crippen LogP contribution in [0.5, 0.6) is 0 Å². The highest BCUT2D eigenvalue weighted by Crippen LogP contribution is 2.23. The molecular formula is C12H13IN2O2. The third-order valence-electron chi connectivity index (χ3n) is 2.85. The summed E-state index contributed by atoms with van der Waals surface area (Å²) in [7, 11) is 0. The number of nitrogens with zero attached hydrogens (tertiary/aromatic N) is 1. The molecule has 1 unspecified atom stereocenters. The zero-order chi connectivity index (χ0) is 12.6. The molecule has 90 valence electrons. The number of amides is 3. The van der Waals surface area contributed by atoms with Gasteiger partial charge in [-0.25, -0.2) is 4.79 Å². The predicted molar refractivity (Wildman–Crippen MR) is 73.9 cm³/mol. The minimum absolute atomic E-state index is 0.174. The zero-order valence-electron chi connectivity index (χ0n) is 9.66. The molecule has 1 N–H and O–H groups in total. The number of nitrogens with one attached hydrogen (secondary N) is 1. The van der Waals surface area contributed by atoms with Crippen molar-refractivity contribution in [2.45, 2.75) is 13.8 Å². The first-order chi connectivity index (χ1) is 7.99. The Morgan fingerprint density at radius 3 is 2.76 bits per heavy atom. The normalized spacial score (nSPS) is 20.4. The lowest BCUT2D eigenvalue weighted by Crippen LogP contribution is -2.53. The SMILES string of the molecule is Cc1ccc(N2CC(C)C(=O)NC2=O)cc1I. The lowest BCUT2D eigenvalue weighted by Gasteiger charge is -2.30. The highest BCUT2D eigenvalue weighted by molar-refractivity contribution is 14.1. The molecule has 0 aromatic heterocycles. The van der Waals surface area contributed by atoms with E-state index in [0.717, 1.165) is 9.26 Å². The highest BCUT2D eigenvalue weighted by atomic mass is 127. The summed E-state index contributed by atoms with van der Waals surface area (Å²) in [5.74, 6) is -0.375. The van der Waals surface area contributed by atoms with Crippen LogP contribution in [0, 0.1) is 16.4 Å². The van der Waals surface area contributed by atoms with E-state index >= 15 is 0 Å². The molecule has 2 rings (SSSR count). The minimum Gasteiger partial charge on any atom is -0.293 e. The van der Waals surface area contributed by atoms with E-state index in [-0.39, 0.29) is 17.9 Å². The number of anilines is 1. The van der Waals surface area contributed by atoms with Gasteiger partial charge < -0.3 is 0 Å². The fraction of sp³-hybridized carbons (Fsp3) is 0.333. The Balaban J connectivity index is 2.30. The third kappa shape index (κ3) is 2.43. The lowest BCUT2D eigenvalue weighted by molar-refractivity contribution is -0.123. The van der Waals surface area contributed by atoms with Crippen LogP contribution in [0.2, 0.25) is 0 Å². The van der Waals surface area contributed by atoms with E-state index in [9.17, 15) is 9.59 Å². The van der Waals surface area contributed by atoms with Gasteiger partial charge in [0.05, 0.1) is 5.92 Å². The number of benzene rings is 1. The molecule has 5 heteroatoms. The van der Waals surface area contributed by atoms with Crippen molar-refractivity contribution in [3.8, 4) is 0 Å². The van der Waals surface area contributed by atoms with Crippen molar-refractivity contribution in [2.24, 2.45) is 5.92 Å². The molecule has 4 nitrogen and oxygen atoms in total. The standard InChI is InChI=1S/C12H13IN2O2/c1-7-3-4-9(5-10(7)13)15-6-8(2)11(16)14-12(15)17/h3-5,8H,6H2,1-2H3,(H,14,16,17). The van der Waals surface area contributed by atoms with E-state index in [1.807, 2.05) is 32.0 Å². The Bertz CT molecular complexity index is 487. The van der Waals surface area contributed by atoms with Crippen molar-refractivity contribution in [3.05, 3.63) is 27.3 Å². The van der Waals surface area contributed by atoms with Crippen LogP contribution in [-0.4, -0.2) is 18.5 Å². The number of hydrogen-bond donors (Lipinski definition) is 1. The molecule has 1 saturated heterocycles. The summed E-state index contributed by atoms with van der Waals surface area (Å²) in [5.41, 5.74) is 2.01. The molecule has 1 aromatic rings. The van der Waals surface area contributed by atoms with Gasteiger partial charge in [-0.3, -0.25) is 15.0 Å². The number of urea groups is 1. The summed E-state index contributed by atoms with van der Waals surface area (Å²) in [5, 5.41) is 2.36. The van der Waals surface area contributed by atoms with Crippen molar-refractivity contribution >= 4 is 40.2 Å². The van der Waals surface area contributed by atoms with Gasteiger partial charge in [0.2, 0.25) is 5.91 Å². The van der Waals surface area contributed by atoms with Crippen LogP contribution in [-0.2, 0) is 4.79 Å². The molecule has 0 saturated carbocycles. The van der Waals surface area contributed by atoms with E-state index < -0.39 is 0 Å². The topological polar surface area (TPSA) is 49.4 Å². The van der Waals surface area contributed by atoms with Crippen LogP contribution in [0.15, 0.2) is 18.2 Å². The van der Waals surface area contributed by atoms with Crippen molar-refractivity contribution in [3.63, 3.8) is 0 Å². The molecule has 0 bridgehead atoms. The molecule has 0 spiro atoms. The van der Waals surface area contributed by atoms with Gasteiger partial charge in [0.25, 0.3) is 0 Å². The number of imide groups is 1. The molecule has 17 heavy (non-hydrogen) atoms. The maximum atomic E-state index is 11.7. The maximum absolute atomic E-state index is 11.7. The quantitative estimate of drug-likeness (QED) is 0.795. The fourth-order valence-corrected chi connectivity index (χ4v) is 2.21. The van der Waals surface area contributed by atoms with Crippen LogP contribution in [0.4, 0.5) is 10.5 Å². The monoisotopic (exact) mass is 344 g/mol. The first kappa shape index (κ1) is 12.3. The molecule has 1 aliphatic rings. The van der Waals surface area contributed by atoms with Gasteiger partial charge in [-0.2, -0.15) is 0 Å².